The van der Waals surface area contributed by atoms with Crippen LogP contribution in [0.25, 0.3) is 0 Å². The first-order valence-corrected chi connectivity index (χ1v) is 5.06. The second kappa shape index (κ2) is 4.18. The Morgan fingerprint density at radius 2 is 2.06 bits per heavy atom. The zero-order chi connectivity index (χ0) is 11.5. The van der Waals surface area contributed by atoms with Gasteiger partial charge in [-0.15, -0.1) is 0 Å². The Hall–Kier alpha value is -2.10. The number of amides is 1. The van der Waals surface area contributed by atoms with Crippen molar-refractivity contribution in [1.82, 2.24) is 9.55 Å². The number of benzene rings is 1. The predicted octanol–water partition coefficient (Wildman–Crippen LogP) is 1.59. The molecule has 2 aromatic rings. The summed E-state index contributed by atoms with van der Waals surface area (Å²) in [5.74, 6) is -0.458. The van der Waals surface area contributed by atoms with Crippen LogP contribution in [0.3, 0.4) is 0 Å². The van der Waals surface area contributed by atoms with Gasteiger partial charge in [-0.25, -0.2) is 4.98 Å². The summed E-state index contributed by atoms with van der Waals surface area (Å²) in [6.07, 6.45) is 3.11. The number of primary amides is 1. The van der Waals surface area contributed by atoms with Gasteiger partial charge in [0.2, 0.25) is 0 Å². The first-order chi connectivity index (χ1) is 7.70. The number of rotatable bonds is 3. The van der Waals surface area contributed by atoms with Gasteiger partial charge in [0.1, 0.15) is 5.69 Å². The number of hydrogen-bond acceptors (Lipinski definition) is 2. The van der Waals surface area contributed by atoms with Crippen molar-refractivity contribution in [2.75, 3.05) is 0 Å². The molecule has 0 aliphatic rings. The maximum absolute atomic E-state index is 11.2. The van der Waals surface area contributed by atoms with Crippen LogP contribution in [0, 0.1) is 0 Å². The molecule has 0 aliphatic carbocycles. The molecule has 1 amide bonds. The number of nitrogens with zero attached hydrogens (tertiary/aromatic N) is 2. The molecule has 0 spiro atoms. The highest BCUT2D eigenvalue weighted by Crippen LogP contribution is 2.18. The largest absolute Gasteiger partial charge is 0.364 e. The van der Waals surface area contributed by atoms with Crippen molar-refractivity contribution in [3.8, 4) is 0 Å². The van der Waals surface area contributed by atoms with Gasteiger partial charge in [0.15, 0.2) is 0 Å². The molecule has 1 heterocycles. The van der Waals surface area contributed by atoms with Gasteiger partial charge in [-0.3, -0.25) is 4.79 Å². The lowest BCUT2D eigenvalue weighted by Crippen LogP contribution is -2.19. The maximum atomic E-state index is 11.2. The van der Waals surface area contributed by atoms with Crippen LogP contribution in [0.4, 0.5) is 0 Å². The quantitative estimate of drug-likeness (QED) is 0.845. The van der Waals surface area contributed by atoms with E-state index in [4.69, 9.17) is 5.73 Å². The van der Waals surface area contributed by atoms with Crippen LogP contribution in [-0.2, 0) is 0 Å². The van der Waals surface area contributed by atoms with Crippen molar-refractivity contribution in [3.63, 3.8) is 0 Å². The fourth-order valence-corrected chi connectivity index (χ4v) is 1.70. The highest BCUT2D eigenvalue weighted by molar-refractivity contribution is 5.90. The third-order valence-electron chi connectivity index (χ3n) is 2.62. The lowest BCUT2D eigenvalue weighted by Gasteiger charge is -2.15. The van der Waals surface area contributed by atoms with Gasteiger partial charge in [0.25, 0.3) is 5.91 Å². The van der Waals surface area contributed by atoms with Crippen molar-refractivity contribution >= 4 is 5.91 Å². The molecule has 4 nitrogen and oxygen atoms in total. The zero-order valence-electron chi connectivity index (χ0n) is 9.00. The summed E-state index contributed by atoms with van der Waals surface area (Å²) in [6.45, 7) is 2.00. The lowest BCUT2D eigenvalue weighted by atomic mass is 10.1. The van der Waals surface area contributed by atoms with Gasteiger partial charge in [-0.05, 0) is 12.5 Å². The molecule has 2 N–H and O–H groups in total. The van der Waals surface area contributed by atoms with Gasteiger partial charge in [0, 0.05) is 0 Å². The minimum absolute atomic E-state index is 0.0474. The molecule has 0 saturated carbocycles. The van der Waals surface area contributed by atoms with Gasteiger partial charge >= 0.3 is 0 Å². The molecule has 0 unspecified atom stereocenters. The second-order valence-electron chi connectivity index (χ2n) is 3.64. The van der Waals surface area contributed by atoms with Crippen molar-refractivity contribution in [1.29, 1.82) is 0 Å². The fraction of sp³-hybridized carbons (Fsp3) is 0.167. The third-order valence-corrected chi connectivity index (χ3v) is 2.62. The Morgan fingerprint density at radius 3 is 2.69 bits per heavy atom. The summed E-state index contributed by atoms with van der Waals surface area (Å²) in [4.78, 5) is 15.1. The molecular formula is C12H13N3O. The van der Waals surface area contributed by atoms with Gasteiger partial charge in [0.05, 0.1) is 18.6 Å². The smallest absolute Gasteiger partial charge is 0.266 e. The Labute approximate surface area is 93.7 Å². The van der Waals surface area contributed by atoms with Crippen molar-refractivity contribution in [2.24, 2.45) is 5.73 Å². The van der Waals surface area contributed by atoms with E-state index in [1.807, 2.05) is 37.3 Å². The van der Waals surface area contributed by atoms with E-state index < -0.39 is 5.91 Å². The van der Waals surface area contributed by atoms with E-state index >= 15 is 0 Å². The molecule has 16 heavy (non-hydrogen) atoms. The molecule has 4 heteroatoms. The zero-order valence-corrected chi connectivity index (χ0v) is 9.00. The van der Waals surface area contributed by atoms with Crippen LogP contribution in [0.2, 0.25) is 0 Å². The monoisotopic (exact) mass is 215 g/mol. The summed E-state index contributed by atoms with van der Waals surface area (Å²) in [5, 5.41) is 0. The standard InChI is InChI=1S/C12H13N3O/c1-9(10-5-3-2-4-6-10)15-8-14-7-11(15)12(13)16/h2-9H,1H3,(H2,13,16)/t9-/m1/s1. The Morgan fingerprint density at radius 1 is 1.38 bits per heavy atom. The summed E-state index contributed by atoms with van der Waals surface area (Å²) in [7, 11) is 0. The Balaban J connectivity index is 2.38. The summed E-state index contributed by atoms with van der Waals surface area (Å²) >= 11 is 0. The third kappa shape index (κ3) is 1.82. The molecule has 0 saturated heterocycles. The van der Waals surface area contributed by atoms with Crippen molar-refractivity contribution in [2.45, 2.75) is 13.0 Å². The molecule has 0 fully saturated rings. The van der Waals surface area contributed by atoms with Crippen molar-refractivity contribution in [3.05, 3.63) is 54.1 Å². The average molecular weight is 215 g/mol. The molecule has 0 radical (unpaired) electrons. The lowest BCUT2D eigenvalue weighted by molar-refractivity contribution is 0.0990. The van der Waals surface area contributed by atoms with E-state index in [9.17, 15) is 4.79 Å². The molecule has 1 aromatic carbocycles. The van der Waals surface area contributed by atoms with Crippen LogP contribution in [0.5, 0.6) is 0 Å². The first-order valence-electron chi connectivity index (χ1n) is 5.06. The molecular weight excluding hydrogens is 202 g/mol. The number of aromatic nitrogens is 2. The van der Waals surface area contributed by atoms with Crippen molar-refractivity contribution < 1.29 is 4.79 Å². The van der Waals surface area contributed by atoms with Crippen LogP contribution < -0.4 is 5.73 Å². The molecule has 1 aromatic heterocycles. The van der Waals surface area contributed by atoms with Gasteiger partial charge in [-0.2, -0.15) is 0 Å². The van der Waals surface area contributed by atoms with E-state index in [0.29, 0.717) is 5.69 Å². The molecule has 1 atom stereocenters. The van der Waals surface area contributed by atoms with E-state index in [1.165, 1.54) is 6.20 Å². The summed E-state index contributed by atoms with van der Waals surface area (Å²) in [6, 6.07) is 9.95. The Kier molecular flexibility index (Phi) is 2.72. The van der Waals surface area contributed by atoms with Crippen LogP contribution in [0.1, 0.15) is 29.0 Å². The van der Waals surface area contributed by atoms with Gasteiger partial charge in [-0.1, -0.05) is 30.3 Å². The number of carbonyl (C=O) groups excluding carboxylic acids is 1. The second-order valence-corrected chi connectivity index (χ2v) is 3.64. The van der Waals surface area contributed by atoms with E-state index in [2.05, 4.69) is 4.98 Å². The van der Waals surface area contributed by atoms with Crippen LogP contribution in [-0.4, -0.2) is 15.5 Å². The van der Waals surface area contributed by atoms with E-state index in [1.54, 1.807) is 10.9 Å². The fourth-order valence-electron chi connectivity index (χ4n) is 1.70. The molecule has 0 aliphatic heterocycles. The number of imidazole rings is 1. The van der Waals surface area contributed by atoms with E-state index in [-0.39, 0.29) is 6.04 Å². The van der Waals surface area contributed by atoms with Crippen LogP contribution in [0.15, 0.2) is 42.9 Å². The van der Waals surface area contributed by atoms with E-state index in [0.717, 1.165) is 5.56 Å². The minimum atomic E-state index is -0.458. The van der Waals surface area contributed by atoms with Crippen LogP contribution >= 0.6 is 0 Å². The maximum Gasteiger partial charge on any atom is 0.266 e. The van der Waals surface area contributed by atoms with Gasteiger partial charge < -0.3 is 10.3 Å². The number of hydrogen-bond donors (Lipinski definition) is 1. The number of nitrogens with two attached hydrogens (primary N) is 1. The number of carbonyl (C=O) groups is 1. The highest BCUT2D eigenvalue weighted by atomic mass is 16.1. The normalized spacial score (nSPS) is 12.3. The highest BCUT2D eigenvalue weighted by Gasteiger charge is 2.14. The first kappa shape index (κ1) is 10.4. The SMILES string of the molecule is C[C@H](c1ccccc1)n1cncc1C(N)=O. The summed E-state index contributed by atoms with van der Waals surface area (Å²) < 4.78 is 1.78. The minimum Gasteiger partial charge on any atom is -0.364 e. The predicted molar refractivity (Wildman–Crippen MR) is 61.0 cm³/mol. The summed E-state index contributed by atoms with van der Waals surface area (Å²) in [5.41, 5.74) is 6.82. The Bertz CT molecular complexity index is 490. The topological polar surface area (TPSA) is 60.9 Å². The molecule has 2 rings (SSSR count). The molecule has 82 valence electrons. The average Bonchev–Trinajstić information content (AvgIpc) is 2.78. The molecule has 0 bridgehead atoms.